The molecule has 2 heterocycles. The number of carboxylic acids is 1. The van der Waals surface area contributed by atoms with Gasteiger partial charge in [0.15, 0.2) is 5.69 Å². The second-order valence-corrected chi connectivity index (χ2v) is 6.50. The quantitative estimate of drug-likeness (QED) is 0.851. The lowest BCUT2D eigenvalue weighted by Crippen LogP contribution is -2.26. The average molecular weight is 325 g/mol. The molecule has 112 valence electrons. The van der Waals surface area contributed by atoms with Crippen molar-refractivity contribution < 1.29 is 14.7 Å². The lowest BCUT2D eigenvalue weighted by molar-refractivity contribution is 0.0690. The molecule has 1 amide bonds. The third kappa shape index (κ3) is 4.08. The van der Waals surface area contributed by atoms with E-state index in [9.17, 15) is 9.59 Å². The second-order valence-electron chi connectivity index (χ2n) is 4.66. The molecule has 2 aromatic heterocycles. The van der Waals surface area contributed by atoms with Crippen LogP contribution < -0.4 is 5.32 Å². The van der Waals surface area contributed by atoms with Crippen LogP contribution in [0.4, 0.5) is 0 Å². The van der Waals surface area contributed by atoms with Gasteiger partial charge in [-0.15, -0.1) is 22.7 Å². The number of rotatable bonds is 6. The molecule has 0 saturated carbocycles. The minimum Gasteiger partial charge on any atom is -0.476 e. The molecule has 0 radical (unpaired) electrons. The van der Waals surface area contributed by atoms with E-state index in [1.54, 1.807) is 5.38 Å². The number of carbonyl (C=O) groups excluding carboxylic acids is 1. The van der Waals surface area contributed by atoms with Crippen LogP contribution in [0.2, 0.25) is 0 Å². The number of carboxylic acid groups (broad SMARTS) is 1. The fourth-order valence-corrected chi connectivity index (χ4v) is 3.14. The molecule has 2 rings (SSSR count). The molecule has 0 atom stereocenters. The van der Waals surface area contributed by atoms with Crippen molar-refractivity contribution in [2.45, 2.75) is 26.2 Å². The Balaban J connectivity index is 1.84. The van der Waals surface area contributed by atoms with Crippen LogP contribution in [-0.4, -0.2) is 33.5 Å². The molecule has 0 bridgehead atoms. The maximum absolute atomic E-state index is 11.9. The molecule has 2 aromatic rings. The van der Waals surface area contributed by atoms with E-state index in [1.165, 1.54) is 28.1 Å². The van der Waals surface area contributed by atoms with Crippen molar-refractivity contribution in [3.63, 3.8) is 0 Å². The van der Waals surface area contributed by atoms with Crippen molar-refractivity contribution in [3.8, 4) is 0 Å². The number of aromatic carboxylic acids is 1. The van der Waals surface area contributed by atoms with Gasteiger partial charge >= 0.3 is 5.97 Å². The van der Waals surface area contributed by atoms with Crippen LogP contribution in [0.5, 0.6) is 0 Å². The predicted octanol–water partition coefficient (Wildman–Crippen LogP) is 2.39. The largest absolute Gasteiger partial charge is 0.476 e. The number of nitrogens with zero attached hydrogens (tertiary/aromatic N) is 2. The number of amides is 1. The lowest BCUT2D eigenvalue weighted by Gasteiger charge is -2.01. The summed E-state index contributed by atoms with van der Waals surface area (Å²) in [5, 5.41) is 16.4. The van der Waals surface area contributed by atoms with Gasteiger partial charge in [-0.1, -0.05) is 13.8 Å². The molecule has 0 aliphatic carbocycles. The highest BCUT2D eigenvalue weighted by molar-refractivity contribution is 7.10. The summed E-state index contributed by atoms with van der Waals surface area (Å²) in [7, 11) is 0. The van der Waals surface area contributed by atoms with Gasteiger partial charge < -0.3 is 10.4 Å². The molecule has 2 N–H and O–H groups in total. The minimum atomic E-state index is -1.04. The van der Waals surface area contributed by atoms with Gasteiger partial charge in [-0.2, -0.15) is 0 Å². The van der Waals surface area contributed by atoms with Crippen molar-refractivity contribution in [3.05, 3.63) is 32.2 Å². The van der Waals surface area contributed by atoms with Crippen LogP contribution in [0.15, 0.2) is 10.8 Å². The third-order valence-corrected chi connectivity index (χ3v) is 4.70. The van der Waals surface area contributed by atoms with E-state index in [4.69, 9.17) is 5.11 Å². The van der Waals surface area contributed by atoms with E-state index in [2.05, 4.69) is 15.3 Å². The summed E-state index contributed by atoms with van der Waals surface area (Å²) in [6.45, 7) is 4.46. The summed E-state index contributed by atoms with van der Waals surface area (Å²) in [6.07, 6.45) is 0.505. The number of carbonyl (C=O) groups is 2. The normalized spacial score (nSPS) is 10.8. The summed E-state index contributed by atoms with van der Waals surface area (Å²) in [5.74, 6) is -0.945. The van der Waals surface area contributed by atoms with Gasteiger partial charge in [-0.3, -0.25) is 4.79 Å². The first-order valence-electron chi connectivity index (χ1n) is 6.38. The number of aromatic nitrogens is 2. The first kappa shape index (κ1) is 15.6. The number of hydrogen-bond donors (Lipinski definition) is 2. The predicted molar refractivity (Wildman–Crippen MR) is 81.3 cm³/mol. The SMILES string of the molecule is CC(C)c1nc(C(=O)NCCc2nc(C(=O)O)cs2)cs1. The smallest absolute Gasteiger partial charge is 0.355 e. The van der Waals surface area contributed by atoms with Gasteiger partial charge in [0.2, 0.25) is 0 Å². The standard InChI is InChI=1S/C13H15N3O3S2/c1-7(2)12-16-8(5-21-12)11(17)14-4-3-10-15-9(6-20-10)13(18)19/h5-7H,3-4H2,1-2H3,(H,14,17)(H,18,19). The molecular formula is C13H15N3O3S2. The van der Waals surface area contributed by atoms with Gasteiger partial charge in [-0.05, 0) is 0 Å². The Kier molecular flexibility index (Phi) is 5.03. The molecule has 0 aliphatic heterocycles. The Morgan fingerprint density at radius 1 is 1.24 bits per heavy atom. The van der Waals surface area contributed by atoms with Crippen LogP contribution >= 0.6 is 22.7 Å². The minimum absolute atomic E-state index is 0.0439. The van der Waals surface area contributed by atoms with E-state index in [-0.39, 0.29) is 11.6 Å². The summed E-state index contributed by atoms with van der Waals surface area (Å²) >= 11 is 2.75. The number of thiazole rings is 2. The van der Waals surface area contributed by atoms with E-state index in [1.807, 2.05) is 13.8 Å². The van der Waals surface area contributed by atoms with Crippen molar-refractivity contribution >= 4 is 34.6 Å². The van der Waals surface area contributed by atoms with Crippen molar-refractivity contribution in [2.24, 2.45) is 0 Å². The van der Waals surface area contributed by atoms with Crippen LogP contribution in [0.1, 0.15) is 50.8 Å². The fraction of sp³-hybridized carbons (Fsp3) is 0.385. The molecular weight excluding hydrogens is 310 g/mol. The first-order chi connectivity index (χ1) is 9.97. The van der Waals surface area contributed by atoms with Crippen LogP contribution in [0, 0.1) is 0 Å². The molecule has 21 heavy (non-hydrogen) atoms. The Hall–Kier alpha value is -1.80. The van der Waals surface area contributed by atoms with Crippen LogP contribution in [0.3, 0.4) is 0 Å². The van der Waals surface area contributed by atoms with Crippen LogP contribution in [0.25, 0.3) is 0 Å². The second kappa shape index (κ2) is 6.77. The summed E-state index contributed by atoms with van der Waals surface area (Å²) in [5.41, 5.74) is 0.469. The Morgan fingerprint density at radius 2 is 1.95 bits per heavy atom. The zero-order chi connectivity index (χ0) is 15.4. The van der Waals surface area contributed by atoms with E-state index >= 15 is 0 Å². The lowest BCUT2D eigenvalue weighted by atomic mass is 10.2. The maximum Gasteiger partial charge on any atom is 0.355 e. The van der Waals surface area contributed by atoms with E-state index in [0.29, 0.717) is 29.6 Å². The summed E-state index contributed by atoms with van der Waals surface area (Å²) in [6, 6.07) is 0. The van der Waals surface area contributed by atoms with Gasteiger partial charge in [0.25, 0.3) is 5.91 Å². The average Bonchev–Trinajstić information content (AvgIpc) is 3.07. The van der Waals surface area contributed by atoms with Crippen molar-refractivity contribution in [1.82, 2.24) is 15.3 Å². The fourth-order valence-electron chi connectivity index (χ4n) is 1.55. The highest BCUT2D eigenvalue weighted by Gasteiger charge is 2.13. The number of hydrogen-bond acceptors (Lipinski definition) is 6. The summed E-state index contributed by atoms with van der Waals surface area (Å²) in [4.78, 5) is 30.9. The molecule has 0 fully saturated rings. The Bertz CT molecular complexity index is 649. The zero-order valence-corrected chi connectivity index (χ0v) is 13.3. The molecule has 0 aromatic carbocycles. The van der Waals surface area contributed by atoms with Gasteiger partial charge in [0.1, 0.15) is 5.69 Å². The molecule has 8 heteroatoms. The van der Waals surface area contributed by atoms with Gasteiger partial charge in [0.05, 0.1) is 10.0 Å². The first-order valence-corrected chi connectivity index (χ1v) is 8.14. The number of nitrogens with one attached hydrogen (secondary N) is 1. The molecule has 0 saturated heterocycles. The van der Waals surface area contributed by atoms with E-state index in [0.717, 1.165) is 5.01 Å². The Morgan fingerprint density at radius 3 is 2.52 bits per heavy atom. The maximum atomic E-state index is 11.9. The molecule has 6 nitrogen and oxygen atoms in total. The molecule has 0 spiro atoms. The van der Waals surface area contributed by atoms with Gasteiger partial charge in [-0.25, -0.2) is 14.8 Å². The van der Waals surface area contributed by atoms with E-state index < -0.39 is 5.97 Å². The van der Waals surface area contributed by atoms with Crippen molar-refractivity contribution in [1.29, 1.82) is 0 Å². The topological polar surface area (TPSA) is 92.2 Å². The monoisotopic (exact) mass is 325 g/mol. The molecule has 0 aliphatic rings. The van der Waals surface area contributed by atoms with Crippen molar-refractivity contribution in [2.75, 3.05) is 6.54 Å². The van der Waals surface area contributed by atoms with Gasteiger partial charge in [0, 0.05) is 29.6 Å². The molecule has 0 unspecified atom stereocenters. The third-order valence-electron chi connectivity index (χ3n) is 2.64. The Labute approximate surface area is 129 Å². The highest BCUT2D eigenvalue weighted by atomic mass is 32.1. The zero-order valence-electron chi connectivity index (χ0n) is 11.6. The summed E-state index contributed by atoms with van der Waals surface area (Å²) < 4.78 is 0. The van der Waals surface area contributed by atoms with Crippen LogP contribution in [-0.2, 0) is 6.42 Å². The highest BCUT2D eigenvalue weighted by Crippen LogP contribution is 2.19.